The van der Waals surface area contributed by atoms with E-state index in [1.165, 1.54) is 0 Å². The molecular formula is C17H20F4N2O2. The van der Waals surface area contributed by atoms with E-state index in [9.17, 15) is 22.4 Å². The molecule has 1 amide bonds. The molecule has 0 saturated carbocycles. The Morgan fingerprint density at radius 2 is 1.92 bits per heavy atom. The van der Waals surface area contributed by atoms with Gasteiger partial charge >= 0.3 is 6.18 Å². The fourth-order valence-corrected chi connectivity index (χ4v) is 3.69. The molecule has 8 heteroatoms. The molecule has 25 heavy (non-hydrogen) atoms. The molecule has 2 heterocycles. The maximum Gasteiger partial charge on any atom is 0.422 e. The molecule has 2 bridgehead atoms. The van der Waals surface area contributed by atoms with E-state index in [1.807, 2.05) is 0 Å². The molecule has 1 aromatic rings. The molecule has 0 radical (unpaired) electrons. The summed E-state index contributed by atoms with van der Waals surface area (Å²) in [6.45, 7) is -1.50. The van der Waals surface area contributed by atoms with Gasteiger partial charge in [-0.25, -0.2) is 4.39 Å². The average molecular weight is 360 g/mol. The van der Waals surface area contributed by atoms with Crippen LogP contribution in [0.2, 0.25) is 0 Å². The van der Waals surface area contributed by atoms with Crippen LogP contribution in [0.15, 0.2) is 18.2 Å². The molecule has 2 N–H and O–H groups in total. The fourth-order valence-electron chi connectivity index (χ4n) is 3.69. The summed E-state index contributed by atoms with van der Waals surface area (Å²) in [4.78, 5) is 12.2. The molecule has 0 spiro atoms. The summed E-state index contributed by atoms with van der Waals surface area (Å²) in [5.41, 5.74) is -0.0776. The van der Waals surface area contributed by atoms with Crippen molar-refractivity contribution in [3.05, 3.63) is 24.0 Å². The SMILES string of the molecule is O=C(CC1CC2CCC(C1)N2)Nc1cc(F)ccc1OCC(F)(F)F. The van der Waals surface area contributed by atoms with Crippen molar-refractivity contribution in [3.63, 3.8) is 0 Å². The zero-order valence-electron chi connectivity index (χ0n) is 13.5. The van der Waals surface area contributed by atoms with Crippen LogP contribution in [0, 0.1) is 11.7 Å². The predicted octanol–water partition coefficient (Wildman–Crippen LogP) is 3.63. The topological polar surface area (TPSA) is 50.4 Å². The van der Waals surface area contributed by atoms with Gasteiger partial charge in [-0.2, -0.15) is 13.2 Å². The van der Waals surface area contributed by atoms with Gasteiger partial charge in [-0.3, -0.25) is 4.79 Å². The van der Waals surface area contributed by atoms with Gasteiger partial charge in [0, 0.05) is 24.6 Å². The van der Waals surface area contributed by atoms with Crippen molar-refractivity contribution in [1.82, 2.24) is 5.32 Å². The van der Waals surface area contributed by atoms with Gasteiger partial charge < -0.3 is 15.4 Å². The first-order valence-corrected chi connectivity index (χ1v) is 8.33. The van der Waals surface area contributed by atoms with E-state index in [0.29, 0.717) is 12.1 Å². The van der Waals surface area contributed by atoms with Gasteiger partial charge in [-0.1, -0.05) is 0 Å². The zero-order valence-corrected chi connectivity index (χ0v) is 13.5. The second kappa shape index (κ2) is 7.19. The summed E-state index contributed by atoms with van der Waals surface area (Å²) in [6.07, 6.45) is -0.201. The van der Waals surface area contributed by atoms with Gasteiger partial charge in [0.15, 0.2) is 6.61 Å². The van der Waals surface area contributed by atoms with Gasteiger partial charge in [0.25, 0.3) is 0 Å². The third-order valence-corrected chi connectivity index (χ3v) is 4.65. The predicted molar refractivity (Wildman–Crippen MR) is 83.9 cm³/mol. The molecule has 2 aliphatic heterocycles. The van der Waals surface area contributed by atoms with Crippen molar-refractivity contribution in [3.8, 4) is 5.75 Å². The van der Waals surface area contributed by atoms with Crippen LogP contribution in [0.4, 0.5) is 23.2 Å². The number of carbonyl (C=O) groups excluding carboxylic acids is 1. The quantitative estimate of drug-likeness (QED) is 0.789. The standard InChI is InChI=1S/C17H20F4N2O2/c18-11-1-4-15(25-9-17(19,20)21)14(8-11)23-16(24)7-10-5-12-2-3-13(6-10)22-12/h1,4,8,10,12-13,22H,2-3,5-7,9H2,(H,23,24). The lowest BCUT2D eigenvalue weighted by atomic mass is 9.89. The van der Waals surface area contributed by atoms with Crippen LogP contribution in [0.1, 0.15) is 32.1 Å². The van der Waals surface area contributed by atoms with Gasteiger partial charge in [0.1, 0.15) is 11.6 Å². The van der Waals surface area contributed by atoms with Crippen molar-refractivity contribution in [2.75, 3.05) is 11.9 Å². The number of hydrogen-bond acceptors (Lipinski definition) is 3. The molecule has 4 nitrogen and oxygen atoms in total. The summed E-state index contributed by atoms with van der Waals surface area (Å²) >= 11 is 0. The van der Waals surface area contributed by atoms with Crippen molar-refractivity contribution >= 4 is 11.6 Å². The molecule has 2 atom stereocenters. The second-order valence-corrected chi connectivity index (χ2v) is 6.77. The minimum Gasteiger partial charge on any atom is -0.482 e. The zero-order chi connectivity index (χ0) is 18.0. The van der Waals surface area contributed by atoms with E-state index in [1.54, 1.807) is 0 Å². The van der Waals surface area contributed by atoms with Crippen LogP contribution in [-0.2, 0) is 4.79 Å². The molecule has 2 unspecified atom stereocenters. The summed E-state index contributed by atoms with van der Waals surface area (Å²) in [6, 6.07) is 3.93. The first kappa shape index (κ1) is 18.0. The van der Waals surface area contributed by atoms with Gasteiger partial charge in [-0.15, -0.1) is 0 Å². The van der Waals surface area contributed by atoms with E-state index in [4.69, 9.17) is 0 Å². The first-order valence-electron chi connectivity index (χ1n) is 8.33. The number of ether oxygens (including phenoxy) is 1. The van der Waals surface area contributed by atoms with E-state index in [2.05, 4.69) is 15.4 Å². The highest BCUT2D eigenvalue weighted by molar-refractivity contribution is 5.92. The number of hydrogen-bond donors (Lipinski definition) is 2. The van der Waals surface area contributed by atoms with Gasteiger partial charge in [0.2, 0.25) is 5.91 Å². The van der Waals surface area contributed by atoms with Gasteiger partial charge in [-0.05, 0) is 43.7 Å². The Bertz CT molecular complexity index is 624. The third kappa shape index (κ3) is 5.07. The number of amides is 1. The number of piperidine rings is 1. The normalized spacial score (nSPS) is 25.7. The Balaban J connectivity index is 1.61. The molecule has 2 saturated heterocycles. The molecule has 138 valence electrons. The smallest absolute Gasteiger partial charge is 0.422 e. The van der Waals surface area contributed by atoms with Crippen molar-refractivity contribution < 1.29 is 27.1 Å². The maximum absolute atomic E-state index is 13.4. The second-order valence-electron chi connectivity index (χ2n) is 6.77. The molecule has 2 aliphatic rings. The number of nitrogens with one attached hydrogen (secondary N) is 2. The van der Waals surface area contributed by atoms with Crippen LogP contribution in [-0.4, -0.2) is 30.8 Å². The molecular weight excluding hydrogens is 340 g/mol. The highest BCUT2D eigenvalue weighted by Gasteiger charge is 2.34. The van der Waals surface area contributed by atoms with E-state index in [-0.39, 0.29) is 29.7 Å². The fraction of sp³-hybridized carbons (Fsp3) is 0.588. The number of anilines is 1. The minimum atomic E-state index is -4.51. The Morgan fingerprint density at radius 3 is 2.56 bits per heavy atom. The van der Waals surface area contributed by atoms with Crippen LogP contribution >= 0.6 is 0 Å². The Morgan fingerprint density at radius 1 is 1.24 bits per heavy atom. The Labute approximate surface area is 142 Å². The number of carbonyl (C=O) groups is 1. The number of benzene rings is 1. The van der Waals surface area contributed by atoms with Crippen LogP contribution < -0.4 is 15.4 Å². The molecule has 0 aromatic heterocycles. The Hall–Kier alpha value is -1.83. The Kier molecular flexibility index (Phi) is 5.17. The van der Waals surface area contributed by atoms with Gasteiger partial charge in [0.05, 0.1) is 5.69 Å². The van der Waals surface area contributed by atoms with Crippen molar-refractivity contribution in [2.24, 2.45) is 5.92 Å². The van der Waals surface area contributed by atoms with E-state index in [0.717, 1.165) is 43.9 Å². The third-order valence-electron chi connectivity index (χ3n) is 4.65. The molecule has 2 fully saturated rings. The van der Waals surface area contributed by atoms with Crippen LogP contribution in [0.5, 0.6) is 5.75 Å². The summed E-state index contributed by atoms with van der Waals surface area (Å²) in [5, 5.41) is 5.98. The van der Waals surface area contributed by atoms with Crippen LogP contribution in [0.3, 0.4) is 0 Å². The molecule has 1 aromatic carbocycles. The highest BCUT2D eigenvalue weighted by Crippen LogP contribution is 2.33. The van der Waals surface area contributed by atoms with E-state index >= 15 is 0 Å². The van der Waals surface area contributed by atoms with Crippen LogP contribution in [0.25, 0.3) is 0 Å². The molecule has 3 rings (SSSR count). The first-order chi connectivity index (χ1) is 11.8. The maximum atomic E-state index is 13.4. The average Bonchev–Trinajstić information content (AvgIpc) is 2.84. The summed E-state index contributed by atoms with van der Waals surface area (Å²) < 4.78 is 55.0. The number of rotatable bonds is 5. The number of fused-ring (bicyclic) bond motifs is 2. The number of alkyl halides is 3. The summed E-state index contributed by atoms with van der Waals surface area (Å²) in [5.74, 6) is -0.965. The lowest BCUT2D eigenvalue weighted by Gasteiger charge is -2.28. The highest BCUT2D eigenvalue weighted by atomic mass is 19.4. The molecule has 0 aliphatic carbocycles. The van der Waals surface area contributed by atoms with Crippen molar-refractivity contribution in [2.45, 2.75) is 50.4 Å². The van der Waals surface area contributed by atoms with Crippen molar-refractivity contribution in [1.29, 1.82) is 0 Å². The largest absolute Gasteiger partial charge is 0.482 e. The lowest BCUT2D eigenvalue weighted by Crippen LogP contribution is -2.39. The number of halogens is 4. The lowest BCUT2D eigenvalue weighted by molar-refractivity contribution is -0.153. The monoisotopic (exact) mass is 360 g/mol. The summed E-state index contributed by atoms with van der Waals surface area (Å²) in [7, 11) is 0. The van der Waals surface area contributed by atoms with E-state index < -0.39 is 18.6 Å². The minimum absolute atomic E-state index is 0.0776.